The molecule has 0 bridgehead atoms. The van der Waals surface area contributed by atoms with Gasteiger partial charge in [-0.3, -0.25) is 9.69 Å². The van der Waals surface area contributed by atoms with Crippen LogP contribution in [0.25, 0.3) is 0 Å². The van der Waals surface area contributed by atoms with Crippen molar-refractivity contribution >= 4 is 5.91 Å². The standard InChI is InChI=1S/C13H25FN2O2/c1-13(2,14)12(18)15-7-3-4-8-16-9-5-6-11(16)10-17/h11,17H,3-10H2,1-2H3,(H,15,18). The molecule has 1 atom stereocenters. The fourth-order valence-corrected chi connectivity index (χ4v) is 2.25. The molecule has 0 aliphatic carbocycles. The topological polar surface area (TPSA) is 52.6 Å². The molecule has 4 nitrogen and oxygen atoms in total. The Morgan fingerprint density at radius 1 is 1.50 bits per heavy atom. The van der Waals surface area contributed by atoms with Crippen molar-refractivity contribution in [1.29, 1.82) is 0 Å². The van der Waals surface area contributed by atoms with E-state index in [-0.39, 0.29) is 6.61 Å². The molecule has 18 heavy (non-hydrogen) atoms. The third kappa shape index (κ3) is 4.90. The molecule has 5 heteroatoms. The van der Waals surface area contributed by atoms with Crippen LogP contribution in [0.15, 0.2) is 0 Å². The van der Waals surface area contributed by atoms with E-state index in [9.17, 15) is 9.18 Å². The van der Waals surface area contributed by atoms with Crippen LogP contribution >= 0.6 is 0 Å². The maximum Gasteiger partial charge on any atom is 0.257 e. The van der Waals surface area contributed by atoms with Gasteiger partial charge in [-0.05, 0) is 52.6 Å². The molecular weight excluding hydrogens is 235 g/mol. The van der Waals surface area contributed by atoms with Gasteiger partial charge >= 0.3 is 0 Å². The number of carbonyl (C=O) groups is 1. The van der Waals surface area contributed by atoms with Crippen LogP contribution in [0.5, 0.6) is 0 Å². The Morgan fingerprint density at radius 3 is 2.83 bits per heavy atom. The molecule has 106 valence electrons. The van der Waals surface area contributed by atoms with Crippen molar-refractivity contribution < 1.29 is 14.3 Å². The number of nitrogens with one attached hydrogen (secondary N) is 1. The van der Waals surface area contributed by atoms with Gasteiger partial charge in [0.25, 0.3) is 5.91 Å². The molecule has 1 rings (SSSR count). The van der Waals surface area contributed by atoms with Gasteiger partial charge in [0.1, 0.15) is 0 Å². The third-order valence-electron chi connectivity index (χ3n) is 3.41. The summed E-state index contributed by atoms with van der Waals surface area (Å²) in [5, 5.41) is 11.8. The van der Waals surface area contributed by atoms with E-state index in [1.54, 1.807) is 0 Å². The molecule has 1 aliphatic rings. The minimum absolute atomic E-state index is 0.229. The maximum atomic E-state index is 13.2. The van der Waals surface area contributed by atoms with Crippen molar-refractivity contribution in [1.82, 2.24) is 10.2 Å². The van der Waals surface area contributed by atoms with Crippen LogP contribution in [0.4, 0.5) is 4.39 Å². The summed E-state index contributed by atoms with van der Waals surface area (Å²) in [7, 11) is 0. The first-order valence-electron chi connectivity index (χ1n) is 6.77. The van der Waals surface area contributed by atoms with Gasteiger partial charge in [-0.25, -0.2) is 4.39 Å². The molecule has 2 N–H and O–H groups in total. The molecule has 0 saturated carbocycles. The summed E-state index contributed by atoms with van der Waals surface area (Å²) in [6.45, 7) is 5.27. The molecule has 1 saturated heterocycles. The van der Waals surface area contributed by atoms with Gasteiger partial charge in [-0.15, -0.1) is 0 Å². The van der Waals surface area contributed by atoms with Crippen molar-refractivity contribution in [3.63, 3.8) is 0 Å². The lowest BCUT2D eigenvalue weighted by molar-refractivity contribution is -0.130. The summed E-state index contributed by atoms with van der Waals surface area (Å²) in [5.41, 5.74) is -1.79. The monoisotopic (exact) mass is 260 g/mol. The van der Waals surface area contributed by atoms with E-state index in [1.807, 2.05) is 0 Å². The quantitative estimate of drug-likeness (QED) is 0.674. The Bertz CT molecular complexity index is 266. The van der Waals surface area contributed by atoms with E-state index < -0.39 is 11.6 Å². The highest BCUT2D eigenvalue weighted by Gasteiger charge is 2.26. The van der Waals surface area contributed by atoms with Crippen LogP contribution in [0.3, 0.4) is 0 Å². The Morgan fingerprint density at radius 2 is 2.22 bits per heavy atom. The number of hydrogen-bond donors (Lipinski definition) is 2. The van der Waals surface area contributed by atoms with E-state index in [0.717, 1.165) is 38.8 Å². The van der Waals surface area contributed by atoms with Gasteiger partial charge in [-0.1, -0.05) is 0 Å². The molecule has 1 amide bonds. The highest BCUT2D eigenvalue weighted by molar-refractivity contribution is 5.83. The van der Waals surface area contributed by atoms with Gasteiger partial charge in [-0.2, -0.15) is 0 Å². The fraction of sp³-hybridized carbons (Fsp3) is 0.923. The second-order valence-corrected chi connectivity index (χ2v) is 5.45. The van der Waals surface area contributed by atoms with Gasteiger partial charge in [0.05, 0.1) is 6.61 Å². The number of amides is 1. The van der Waals surface area contributed by atoms with E-state index in [4.69, 9.17) is 5.11 Å². The first-order chi connectivity index (χ1) is 8.45. The van der Waals surface area contributed by atoms with Gasteiger partial charge in [0.15, 0.2) is 5.67 Å². The minimum Gasteiger partial charge on any atom is -0.395 e. The molecular formula is C13H25FN2O2. The van der Waals surface area contributed by atoms with Crippen LogP contribution < -0.4 is 5.32 Å². The molecule has 1 heterocycles. The first kappa shape index (κ1) is 15.4. The molecule has 0 aromatic carbocycles. The fourth-order valence-electron chi connectivity index (χ4n) is 2.25. The molecule has 1 fully saturated rings. The van der Waals surface area contributed by atoms with Crippen molar-refractivity contribution in [3.8, 4) is 0 Å². The Hall–Kier alpha value is -0.680. The average Bonchev–Trinajstić information content (AvgIpc) is 2.74. The average molecular weight is 260 g/mol. The summed E-state index contributed by atoms with van der Waals surface area (Å²) in [5.74, 6) is -0.545. The number of likely N-dealkylation sites (tertiary alicyclic amines) is 1. The van der Waals surface area contributed by atoms with Crippen LogP contribution in [0.1, 0.15) is 39.5 Å². The SMILES string of the molecule is CC(C)(F)C(=O)NCCCCN1CCCC1CO. The predicted molar refractivity (Wildman–Crippen MR) is 69.1 cm³/mol. The second kappa shape index (κ2) is 7.04. The number of aliphatic hydroxyl groups is 1. The van der Waals surface area contributed by atoms with Crippen LogP contribution in [-0.2, 0) is 4.79 Å². The molecule has 0 spiro atoms. The first-order valence-corrected chi connectivity index (χ1v) is 6.77. The molecule has 0 aromatic rings. The number of unbranched alkanes of at least 4 members (excludes halogenated alkanes) is 1. The molecule has 1 aliphatic heterocycles. The largest absolute Gasteiger partial charge is 0.395 e. The lowest BCUT2D eigenvalue weighted by Crippen LogP contribution is -2.39. The molecule has 0 aromatic heterocycles. The zero-order valence-corrected chi connectivity index (χ0v) is 11.4. The Labute approximate surface area is 109 Å². The number of alkyl halides is 1. The van der Waals surface area contributed by atoms with Crippen molar-refractivity contribution in [2.24, 2.45) is 0 Å². The van der Waals surface area contributed by atoms with E-state index >= 15 is 0 Å². The van der Waals surface area contributed by atoms with Crippen molar-refractivity contribution in [2.75, 3.05) is 26.2 Å². The smallest absolute Gasteiger partial charge is 0.257 e. The van der Waals surface area contributed by atoms with Gasteiger partial charge in [0, 0.05) is 12.6 Å². The normalized spacial score (nSPS) is 21.2. The van der Waals surface area contributed by atoms with Gasteiger partial charge in [0.2, 0.25) is 0 Å². The van der Waals surface area contributed by atoms with E-state index in [1.165, 1.54) is 13.8 Å². The zero-order valence-electron chi connectivity index (χ0n) is 11.4. The Balaban J connectivity index is 2.07. The number of hydrogen-bond acceptors (Lipinski definition) is 3. The summed E-state index contributed by atoms with van der Waals surface area (Å²) < 4.78 is 13.2. The van der Waals surface area contributed by atoms with E-state index in [0.29, 0.717) is 12.6 Å². The third-order valence-corrected chi connectivity index (χ3v) is 3.41. The summed E-state index contributed by atoms with van der Waals surface area (Å²) in [6.07, 6.45) is 4.03. The van der Waals surface area contributed by atoms with Crippen LogP contribution in [0.2, 0.25) is 0 Å². The van der Waals surface area contributed by atoms with Crippen LogP contribution in [0, 0.1) is 0 Å². The number of carbonyl (C=O) groups excluding carboxylic acids is 1. The molecule has 0 radical (unpaired) electrons. The van der Waals surface area contributed by atoms with Gasteiger partial charge < -0.3 is 10.4 Å². The lowest BCUT2D eigenvalue weighted by Gasteiger charge is -2.22. The van der Waals surface area contributed by atoms with Crippen molar-refractivity contribution in [3.05, 3.63) is 0 Å². The molecule has 1 unspecified atom stereocenters. The second-order valence-electron chi connectivity index (χ2n) is 5.45. The van der Waals surface area contributed by atoms with Crippen LogP contribution in [-0.4, -0.2) is 53.9 Å². The lowest BCUT2D eigenvalue weighted by atomic mass is 10.1. The highest BCUT2D eigenvalue weighted by atomic mass is 19.1. The number of aliphatic hydroxyl groups excluding tert-OH is 1. The Kier molecular flexibility index (Phi) is 6.02. The number of halogens is 1. The predicted octanol–water partition coefficient (Wildman–Crippen LogP) is 1.09. The van der Waals surface area contributed by atoms with Crippen molar-refractivity contribution in [2.45, 2.75) is 51.2 Å². The summed E-state index contributed by atoms with van der Waals surface area (Å²) in [6, 6.07) is 0.310. The van der Waals surface area contributed by atoms with E-state index in [2.05, 4.69) is 10.2 Å². The highest BCUT2D eigenvalue weighted by Crippen LogP contribution is 2.16. The maximum absolute atomic E-state index is 13.2. The summed E-state index contributed by atoms with van der Waals surface area (Å²) in [4.78, 5) is 13.5. The number of rotatable bonds is 7. The zero-order chi connectivity index (χ0) is 13.6. The summed E-state index contributed by atoms with van der Waals surface area (Å²) >= 11 is 0. The minimum atomic E-state index is -1.79. The number of nitrogens with zero attached hydrogens (tertiary/aromatic N) is 1.